The second-order valence-electron chi connectivity index (χ2n) is 5.91. The second kappa shape index (κ2) is 7.09. The number of ether oxygens (including phenoxy) is 1. The smallest absolute Gasteiger partial charge is 0.338 e. The first kappa shape index (κ1) is 16.5. The molecule has 2 aromatic heterocycles. The normalized spacial score (nSPS) is 13.4. The van der Waals surface area contributed by atoms with Crippen LogP contribution in [0.4, 0.5) is 5.69 Å². The molecule has 1 saturated carbocycles. The monoisotopic (exact) mass is 369 g/mol. The number of aromatic nitrogens is 2. The summed E-state index contributed by atoms with van der Waals surface area (Å²) in [7, 11) is 0. The summed E-state index contributed by atoms with van der Waals surface area (Å²) in [4.78, 5) is 28.9. The minimum atomic E-state index is -0.493. The predicted molar refractivity (Wildman–Crippen MR) is 94.5 cm³/mol. The van der Waals surface area contributed by atoms with E-state index in [0.29, 0.717) is 23.0 Å². The molecule has 1 aliphatic rings. The van der Waals surface area contributed by atoms with E-state index in [1.807, 2.05) is 17.5 Å². The summed E-state index contributed by atoms with van der Waals surface area (Å²) < 4.78 is 10.3. The molecule has 0 radical (unpaired) electrons. The topological polar surface area (TPSA) is 94.3 Å². The van der Waals surface area contributed by atoms with Gasteiger partial charge < -0.3 is 14.6 Å². The van der Waals surface area contributed by atoms with Crippen LogP contribution in [0.15, 0.2) is 46.3 Å². The molecule has 3 aromatic rings. The molecule has 4 rings (SSSR count). The molecule has 0 bridgehead atoms. The lowest BCUT2D eigenvalue weighted by Gasteiger charge is -2.06. The third kappa shape index (κ3) is 3.80. The molecular formula is C18H15N3O4S. The van der Waals surface area contributed by atoms with E-state index in [4.69, 9.17) is 9.26 Å². The zero-order valence-corrected chi connectivity index (χ0v) is 14.5. The Morgan fingerprint density at radius 1 is 1.23 bits per heavy atom. The number of amides is 1. The summed E-state index contributed by atoms with van der Waals surface area (Å²) in [6.45, 7) is -0.0755. The van der Waals surface area contributed by atoms with Crippen LogP contribution in [0.5, 0.6) is 0 Å². The molecule has 2 heterocycles. The lowest BCUT2D eigenvalue weighted by Crippen LogP contribution is -2.13. The fourth-order valence-corrected chi connectivity index (χ4v) is 2.95. The lowest BCUT2D eigenvalue weighted by molar-refractivity contribution is -0.117. The van der Waals surface area contributed by atoms with Gasteiger partial charge in [-0.25, -0.2) is 4.79 Å². The van der Waals surface area contributed by atoms with Crippen molar-refractivity contribution in [3.63, 3.8) is 0 Å². The summed E-state index contributed by atoms with van der Waals surface area (Å²) in [6.07, 6.45) is 1.89. The minimum Gasteiger partial charge on any atom is -0.454 e. The Hall–Kier alpha value is -3.00. The van der Waals surface area contributed by atoms with E-state index in [0.717, 1.165) is 17.7 Å². The van der Waals surface area contributed by atoms with Crippen LogP contribution >= 0.6 is 11.3 Å². The van der Waals surface area contributed by atoms with E-state index in [2.05, 4.69) is 15.5 Å². The van der Waals surface area contributed by atoms with Gasteiger partial charge in [0.25, 0.3) is 5.89 Å². The van der Waals surface area contributed by atoms with Crippen molar-refractivity contribution in [3.05, 3.63) is 53.2 Å². The van der Waals surface area contributed by atoms with Gasteiger partial charge in [0.2, 0.25) is 11.7 Å². The molecule has 0 aliphatic heterocycles. The van der Waals surface area contributed by atoms with Crippen molar-refractivity contribution < 1.29 is 18.8 Å². The van der Waals surface area contributed by atoms with Crippen LogP contribution in [0.2, 0.25) is 0 Å². The summed E-state index contributed by atoms with van der Waals surface area (Å²) >= 11 is 1.49. The van der Waals surface area contributed by atoms with Gasteiger partial charge in [0.15, 0.2) is 6.61 Å². The number of hydrogen-bond acceptors (Lipinski definition) is 7. The molecule has 1 aliphatic carbocycles. The van der Waals surface area contributed by atoms with Crippen molar-refractivity contribution in [2.45, 2.75) is 19.4 Å². The Kier molecular flexibility index (Phi) is 4.49. The molecule has 0 atom stereocenters. The molecule has 8 heteroatoms. The molecule has 26 heavy (non-hydrogen) atoms. The van der Waals surface area contributed by atoms with E-state index in [9.17, 15) is 9.59 Å². The first-order chi connectivity index (χ1) is 12.7. The average molecular weight is 369 g/mol. The first-order valence-corrected chi connectivity index (χ1v) is 9.01. The van der Waals surface area contributed by atoms with Gasteiger partial charge in [-0.3, -0.25) is 4.79 Å². The van der Waals surface area contributed by atoms with Crippen LogP contribution in [0.3, 0.4) is 0 Å². The van der Waals surface area contributed by atoms with Gasteiger partial charge in [0.1, 0.15) is 0 Å². The maximum atomic E-state index is 12.1. The third-order valence-electron chi connectivity index (χ3n) is 3.87. The van der Waals surface area contributed by atoms with E-state index in [1.54, 1.807) is 24.3 Å². The van der Waals surface area contributed by atoms with Crippen molar-refractivity contribution in [1.29, 1.82) is 0 Å². The van der Waals surface area contributed by atoms with Crippen molar-refractivity contribution in [2.24, 2.45) is 5.92 Å². The van der Waals surface area contributed by atoms with Gasteiger partial charge in [-0.1, -0.05) is 11.2 Å². The van der Waals surface area contributed by atoms with Crippen LogP contribution in [0.25, 0.3) is 10.8 Å². The standard InChI is InChI=1S/C18H15N3O4S/c22-16(11-3-4-11)19-13-7-5-12(6-8-13)18(23)24-10-15-20-17(25-21-15)14-2-1-9-26-14/h1-2,5-9,11H,3-4,10H2,(H,19,22). The number of esters is 1. The zero-order chi connectivity index (χ0) is 17.9. The van der Waals surface area contributed by atoms with Crippen molar-refractivity contribution in [2.75, 3.05) is 5.32 Å². The quantitative estimate of drug-likeness (QED) is 0.668. The summed E-state index contributed by atoms with van der Waals surface area (Å²) in [5.74, 6) is 0.372. The SMILES string of the molecule is O=C(OCc1noc(-c2cccs2)n1)c1ccc(NC(=O)C2CC2)cc1. The largest absolute Gasteiger partial charge is 0.454 e. The first-order valence-electron chi connectivity index (χ1n) is 8.13. The number of carbonyl (C=O) groups excluding carboxylic acids is 2. The van der Waals surface area contributed by atoms with Crippen molar-refractivity contribution in [3.8, 4) is 10.8 Å². The summed E-state index contributed by atoms with van der Waals surface area (Å²) in [5.41, 5.74) is 1.05. The number of hydrogen-bond donors (Lipinski definition) is 1. The molecule has 1 aromatic carbocycles. The lowest BCUT2D eigenvalue weighted by atomic mass is 10.2. The molecular weight excluding hydrogens is 354 g/mol. The molecule has 132 valence electrons. The van der Waals surface area contributed by atoms with Gasteiger partial charge in [-0.05, 0) is 48.6 Å². The molecule has 0 saturated heterocycles. The van der Waals surface area contributed by atoms with Crippen molar-refractivity contribution >= 4 is 28.9 Å². The molecule has 1 N–H and O–H groups in total. The molecule has 7 nitrogen and oxygen atoms in total. The van der Waals surface area contributed by atoms with Gasteiger partial charge in [-0.2, -0.15) is 4.98 Å². The molecule has 1 fully saturated rings. The van der Waals surface area contributed by atoms with E-state index in [1.165, 1.54) is 11.3 Å². The molecule has 0 unspecified atom stereocenters. The number of anilines is 1. The van der Waals surface area contributed by atoms with Crippen LogP contribution in [0, 0.1) is 5.92 Å². The number of rotatable bonds is 6. The summed E-state index contributed by atoms with van der Waals surface area (Å²) in [5, 5.41) is 8.54. The maximum absolute atomic E-state index is 12.1. The molecule has 1 amide bonds. The predicted octanol–water partition coefficient (Wildman–Crippen LogP) is 3.50. The highest BCUT2D eigenvalue weighted by Crippen LogP contribution is 2.30. The highest BCUT2D eigenvalue weighted by atomic mass is 32.1. The van der Waals surface area contributed by atoms with Gasteiger partial charge >= 0.3 is 5.97 Å². The highest BCUT2D eigenvalue weighted by molar-refractivity contribution is 7.13. The Balaban J connectivity index is 1.32. The van der Waals surface area contributed by atoms with E-state index in [-0.39, 0.29) is 18.4 Å². The number of benzene rings is 1. The average Bonchev–Trinajstić information content (AvgIpc) is 3.17. The highest BCUT2D eigenvalue weighted by Gasteiger charge is 2.29. The minimum absolute atomic E-state index is 0.0268. The second-order valence-corrected chi connectivity index (χ2v) is 6.86. The number of nitrogens with one attached hydrogen (secondary N) is 1. The van der Waals surface area contributed by atoms with Crippen molar-refractivity contribution in [1.82, 2.24) is 10.1 Å². The molecule has 0 spiro atoms. The van der Waals surface area contributed by atoms with Gasteiger partial charge in [-0.15, -0.1) is 11.3 Å². The fourth-order valence-electron chi connectivity index (χ4n) is 2.31. The Morgan fingerprint density at radius 3 is 2.73 bits per heavy atom. The summed E-state index contributed by atoms with van der Waals surface area (Å²) in [6, 6.07) is 10.3. The zero-order valence-electron chi connectivity index (χ0n) is 13.7. The Bertz CT molecular complexity index is 914. The number of nitrogens with zero attached hydrogens (tertiary/aromatic N) is 2. The maximum Gasteiger partial charge on any atom is 0.338 e. The van der Waals surface area contributed by atoms with Crippen LogP contribution < -0.4 is 5.32 Å². The van der Waals surface area contributed by atoms with E-state index < -0.39 is 5.97 Å². The van der Waals surface area contributed by atoms with Crippen LogP contribution in [0.1, 0.15) is 29.0 Å². The third-order valence-corrected chi connectivity index (χ3v) is 4.73. The fraction of sp³-hybridized carbons (Fsp3) is 0.222. The Morgan fingerprint density at radius 2 is 2.04 bits per heavy atom. The number of carbonyl (C=O) groups is 2. The Labute approximate surface area is 153 Å². The van der Waals surface area contributed by atoms with E-state index >= 15 is 0 Å². The van der Waals surface area contributed by atoms with Gasteiger partial charge in [0, 0.05) is 11.6 Å². The van der Waals surface area contributed by atoms with Crippen LogP contribution in [-0.2, 0) is 16.1 Å². The number of thiophene rings is 1. The van der Waals surface area contributed by atoms with Gasteiger partial charge in [0.05, 0.1) is 10.4 Å². The van der Waals surface area contributed by atoms with Crippen LogP contribution in [-0.4, -0.2) is 22.0 Å².